The van der Waals surface area contributed by atoms with E-state index < -0.39 is 23.8 Å². The molecule has 0 atom stereocenters. The number of hydrogen-bond donors (Lipinski definition) is 1. The second kappa shape index (κ2) is 19.9. The SMILES string of the molecule is CCOC(=O)C1=C(C)NC(C)=C(C(=O)OCC)C1c1ccc(C=O)cc1.CCOC(=O)CC(C)=O.O=Cc1ccc(C=O)cc1. The van der Waals surface area contributed by atoms with Crippen LogP contribution in [0.3, 0.4) is 0 Å². The number of esters is 3. The van der Waals surface area contributed by atoms with Crippen molar-refractivity contribution in [3.8, 4) is 0 Å². The van der Waals surface area contributed by atoms with Gasteiger partial charge in [-0.2, -0.15) is 0 Å². The van der Waals surface area contributed by atoms with E-state index in [1.807, 2.05) is 0 Å². The maximum atomic E-state index is 12.6. The average Bonchev–Trinajstić information content (AvgIpc) is 3.01. The zero-order valence-electron chi connectivity index (χ0n) is 26.3. The largest absolute Gasteiger partial charge is 0.466 e. The molecule has 0 aliphatic carbocycles. The van der Waals surface area contributed by atoms with E-state index in [2.05, 4.69) is 10.1 Å². The Labute approximate surface area is 262 Å². The number of nitrogens with one attached hydrogen (secondary N) is 1. The summed E-state index contributed by atoms with van der Waals surface area (Å²) in [4.78, 5) is 77.0. The molecule has 1 heterocycles. The standard InChI is InChI=1S/C20H23NO5.C8H6O2.C6H10O3/c1-5-25-19(23)16-12(3)21-13(4)17(20(24)26-6-2)18(16)15-9-7-14(11-22)8-10-15;9-5-7-1-2-8(6-10)4-3-7;1-3-9-6(8)4-5(2)7/h7-11,18,21H,5-6H2,1-4H3;1-6H;3-4H2,1-2H3. The topological polar surface area (TPSA) is 159 Å². The molecule has 0 aromatic heterocycles. The molecule has 3 rings (SSSR count). The Kier molecular flexibility index (Phi) is 16.7. The molecule has 45 heavy (non-hydrogen) atoms. The van der Waals surface area contributed by atoms with Gasteiger partial charge >= 0.3 is 17.9 Å². The van der Waals surface area contributed by atoms with Crippen molar-refractivity contribution in [2.24, 2.45) is 0 Å². The summed E-state index contributed by atoms with van der Waals surface area (Å²) in [6.45, 7) is 10.8. The van der Waals surface area contributed by atoms with Crippen LogP contribution in [0, 0.1) is 0 Å². The molecule has 1 N–H and O–H groups in total. The van der Waals surface area contributed by atoms with Gasteiger partial charge in [-0.15, -0.1) is 0 Å². The molecule has 0 saturated carbocycles. The lowest BCUT2D eigenvalue weighted by atomic mass is 9.80. The number of carbonyl (C=O) groups is 7. The van der Waals surface area contributed by atoms with Crippen LogP contribution in [0.4, 0.5) is 0 Å². The third-order valence-corrected chi connectivity index (χ3v) is 6.06. The van der Waals surface area contributed by atoms with E-state index in [0.717, 1.165) is 18.9 Å². The van der Waals surface area contributed by atoms with Crippen LogP contribution >= 0.6 is 0 Å². The fourth-order valence-corrected chi connectivity index (χ4v) is 4.12. The summed E-state index contributed by atoms with van der Waals surface area (Å²) in [7, 11) is 0. The lowest BCUT2D eigenvalue weighted by molar-refractivity contribution is -0.145. The van der Waals surface area contributed by atoms with Crippen molar-refractivity contribution in [2.75, 3.05) is 19.8 Å². The number of benzene rings is 2. The monoisotopic (exact) mass is 621 g/mol. The van der Waals surface area contributed by atoms with Gasteiger partial charge in [0.1, 0.15) is 31.1 Å². The van der Waals surface area contributed by atoms with E-state index in [0.29, 0.717) is 51.4 Å². The number of Topliss-reactive ketones (excluding diaryl/α,β-unsaturated/α-hetero) is 1. The van der Waals surface area contributed by atoms with Gasteiger partial charge in [0.05, 0.1) is 36.9 Å². The van der Waals surface area contributed by atoms with Crippen LogP contribution in [0.25, 0.3) is 0 Å². The minimum Gasteiger partial charge on any atom is -0.466 e. The Hall–Kier alpha value is -5.19. The number of rotatable bonds is 11. The minimum atomic E-state index is -0.630. The molecule has 0 fully saturated rings. The molecule has 0 bridgehead atoms. The molecule has 1 aliphatic heterocycles. The molecule has 240 valence electrons. The first kappa shape index (κ1) is 37.8. The van der Waals surface area contributed by atoms with Crippen LogP contribution in [0.5, 0.6) is 0 Å². The fraction of sp³-hybridized carbons (Fsp3) is 0.324. The van der Waals surface area contributed by atoms with E-state index in [1.54, 1.807) is 83.1 Å². The minimum absolute atomic E-state index is 0.103. The van der Waals surface area contributed by atoms with Crippen LogP contribution in [0.1, 0.15) is 90.5 Å². The molecule has 11 nitrogen and oxygen atoms in total. The van der Waals surface area contributed by atoms with Crippen LogP contribution in [0.15, 0.2) is 71.1 Å². The van der Waals surface area contributed by atoms with E-state index in [9.17, 15) is 33.6 Å². The summed E-state index contributed by atoms with van der Waals surface area (Å²) in [5, 5.41) is 3.08. The van der Waals surface area contributed by atoms with Crippen molar-refractivity contribution in [2.45, 2.75) is 53.9 Å². The fourth-order valence-electron chi connectivity index (χ4n) is 4.12. The maximum Gasteiger partial charge on any atom is 0.336 e. The number of ketones is 1. The van der Waals surface area contributed by atoms with Gasteiger partial charge in [-0.1, -0.05) is 48.5 Å². The van der Waals surface area contributed by atoms with Crippen molar-refractivity contribution in [3.05, 3.63) is 93.3 Å². The number of allylic oxidation sites excluding steroid dienone is 2. The summed E-state index contributed by atoms with van der Waals surface area (Å²) in [5.74, 6) is -2.21. The second-order valence-corrected chi connectivity index (χ2v) is 9.45. The Morgan fingerprint density at radius 2 is 1.00 bits per heavy atom. The van der Waals surface area contributed by atoms with Crippen molar-refractivity contribution < 1.29 is 47.8 Å². The summed E-state index contributed by atoms with van der Waals surface area (Å²) >= 11 is 0. The number of carbonyl (C=O) groups excluding carboxylic acids is 7. The predicted molar refractivity (Wildman–Crippen MR) is 166 cm³/mol. The third-order valence-electron chi connectivity index (χ3n) is 6.06. The van der Waals surface area contributed by atoms with Crippen LogP contribution in [-0.4, -0.2) is 62.4 Å². The van der Waals surface area contributed by atoms with Crippen molar-refractivity contribution >= 4 is 42.5 Å². The highest BCUT2D eigenvalue weighted by Crippen LogP contribution is 2.39. The normalized spacial score (nSPS) is 12.2. The molecule has 2 aromatic rings. The Morgan fingerprint density at radius 1 is 0.644 bits per heavy atom. The van der Waals surface area contributed by atoms with Crippen LogP contribution in [-0.2, 0) is 33.4 Å². The van der Waals surface area contributed by atoms with Gasteiger partial charge in [-0.05, 0) is 47.1 Å². The third kappa shape index (κ3) is 12.1. The van der Waals surface area contributed by atoms with Gasteiger partial charge in [0, 0.05) is 28.1 Å². The van der Waals surface area contributed by atoms with E-state index in [4.69, 9.17) is 9.47 Å². The number of dihydropyridines is 1. The molecule has 0 amide bonds. The zero-order chi connectivity index (χ0) is 33.9. The molecule has 1 aliphatic rings. The molecule has 0 saturated heterocycles. The number of aldehydes is 3. The first-order valence-electron chi connectivity index (χ1n) is 14.2. The Balaban J connectivity index is 0.000000434. The van der Waals surface area contributed by atoms with Gasteiger partial charge in [0.25, 0.3) is 0 Å². The number of ether oxygens (including phenoxy) is 3. The van der Waals surface area contributed by atoms with Crippen molar-refractivity contribution in [1.82, 2.24) is 5.32 Å². The maximum absolute atomic E-state index is 12.6. The van der Waals surface area contributed by atoms with Crippen molar-refractivity contribution in [3.63, 3.8) is 0 Å². The average molecular weight is 622 g/mol. The van der Waals surface area contributed by atoms with Gasteiger partial charge in [0.2, 0.25) is 0 Å². The van der Waals surface area contributed by atoms with Gasteiger partial charge in [-0.3, -0.25) is 24.0 Å². The molecule has 0 radical (unpaired) electrons. The first-order chi connectivity index (χ1) is 21.5. The van der Waals surface area contributed by atoms with Gasteiger partial charge in [0.15, 0.2) is 0 Å². The first-order valence-corrected chi connectivity index (χ1v) is 14.2. The Bertz CT molecular complexity index is 1350. The van der Waals surface area contributed by atoms with Gasteiger partial charge < -0.3 is 19.5 Å². The lowest BCUT2D eigenvalue weighted by Crippen LogP contribution is -2.32. The smallest absolute Gasteiger partial charge is 0.336 e. The molecular formula is C34H39NO10. The quantitative estimate of drug-likeness (QED) is 0.160. The highest BCUT2D eigenvalue weighted by Gasteiger charge is 2.37. The van der Waals surface area contributed by atoms with E-state index >= 15 is 0 Å². The van der Waals surface area contributed by atoms with Crippen LogP contribution < -0.4 is 5.32 Å². The summed E-state index contributed by atoms with van der Waals surface area (Å²) in [6, 6.07) is 13.2. The number of hydrogen-bond acceptors (Lipinski definition) is 11. The predicted octanol–water partition coefficient (Wildman–Crippen LogP) is 4.70. The van der Waals surface area contributed by atoms with Crippen molar-refractivity contribution in [1.29, 1.82) is 0 Å². The molecular weight excluding hydrogens is 582 g/mol. The zero-order valence-corrected chi connectivity index (χ0v) is 26.3. The van der Waals surface area contributed by atoms with E-state index in [-0.39, 0.29) is 25.4 Å². The molecule has 2 aromatic carbocycles. The second-order valence-electron chi connectivity index (χ2n) is 9.45. The lowest BCUT2D eigenvalue weighted by Gasteiger charge is -2.30. The van der Waals surface area contributed by atoms with Crippen LogP contribution in [0.2, 0.25) is 0 Å². The highest BCUT2D eigenvalue weighted by molar-refractivity contribution is 6.00. The Morgan fingerprint density at radius 3 is 1.31 bits per heavy atom. The highest BCUT2D eigenvalue weighted by atomic mass is 16.5. The summed E-state index contributed by atoms with van der Waals surface area (Å²) in [6.07, 6.45) is 2.13. The van der Waals surface area contributed by atoms with E-state index in [1.165, 1.54) is 6.92 Å². The summed E-state index contributed by atoms with van der Waals surface area (Å²) < 4.78 is 14.9. The molecule has 0 unspecified atom stereocenters. The molecule has 11 heteroatoms. The molecule has 0 spiro atoms. The van der Waals surface area contributed by atoms with Gasteiger partial charge in [-0.25, -0.2) is 9.59 Å². The summed E-state index contributed by atoms with van der Waals surface area (Å²) in [5.41, 5.74) is 4.37.